The standard InChI is InChI=1S/C7H5IN2/c1-10-5-2-3-6(8)7(9)4-5/h2-4H,9H2. The first-order chi connectivity index (χ1) is 4.74. The van der Waals surface area contributed by atoms with Gasteiger partial charge in [0.2, 0.25) is 0 Å². The van der Waals surface area contributed by atoms with Crippen LogP contribution in [0.1, 0.15) is 0 Å². The van der Waals surface area contributed by atoms with Crippen molar-refractivity contribution < 1.29 is 0 Å². The molecule has 3 heteroatoms. The molecule has 0 amide bonds. The highest BCUT2D eigenvalue weighted by molar-refractivity contribution is 14.1. The van der Waals surface area contributed by atoms with Gasteiger partial charge in [-0.25, -0.2) is 4.85 Å². The van der Waals surface area contributed by atoms with Gasteiger partial charge in [-0.1, -0.05) is 12.1 Å². The first-order valence-electron chi connectivity index (χ1n) is 2.66. The Morgan fingerprint density at radius 3 is 2.70 bits per heavy atom. The third-order valence-corrected chi connectivity index (χ3v) is 2.09. The smallest absolute Gasteiger partial charge is 0.189 e. The zero-order valence-electron chi connectivity index (χ0n) is 5.13. The third kappa shape index (κ3) is 1.39. The highest BCUT2D eigenvalue weighted by atomic mass is 127. The van der Waals surface area contributed by atoms with Gasteiger partial charge in [0.05, 0.1) is 6.57 Å². The number of hydrogen-bond acceptors (Lipinski definition) is 1. The molecule has 0 fully saturated rings. The predicted octanol–water partition coefficient (Wildman–Crippen LogP) is 2.42. The molecule has 0 saturated heterocycles. The van der Waals surface area contributed by atoms with Crippen molar-refractivity contribution in [1.82, 2.24) is 0 Å². The van der Waals surface area contributed by atoms with Gasteiger partial charge in [-0.05, 0) is 28.7 Å². The molecule has 0 aromatic heterocycles. The van der Waals surface area contributed by atoms with E-state index in [1.807, 2.05) is 6.07 Å². The van der Waals surface area contributed by atoms with Crippen LogP contribution in [0.25, 0.3) is 4.85 Å². The van der Waals surface area contributed by atoms with Crippen molar-refractivity contribution in [3.8, 4) is 0 Å². The molecule has 0 saturated carbocycles. The maximum Gasteiger partial charge on any atom is 0.189 e. The maximum absolute atomic E-state index is 6.68. The van der Waals surface area contributed by atoms with Crippen molar-refractivity contribution >= 4 is 34.0 Å². The molecule has 2 nitrogen and oxygen atoms in total. The van der Waals surface area contributed by atoms with E-state index in [9.17, 15) is 0 Å². The zero-order valence-corrected chi connectivity index (χ0v) is 7.29. The summed E-state index contributed by atoms with van der Waals surface area (Å²) in [6.07, 6.45) is 0. The molecule has 0 bridgehead atoms. The molecule has 0 aliphatic rings. The van der Waals surface area contributed by atoms with E-state index in [1.54, 1.807) is 12.1 Å². The van der Waals surface area contributed by atoms with E-state index in [0.717, 1.165) is 3.57 Å². The predicted molar refractivity (Wildman–Crippen MR) is 49.8 cm³/mol. The molecule has 0 atom stereocenters. The summed E-state index contributed by atoms with van der Waals surface area (Å²) in [6.45, 7) is 6.68. The summed E-state index contributed by atoms with van der Waals surface area (Å²) in [7, 11) is 0. The minimum atomic E-state index is 0.595. The number of rotatable bonds is 0. The molecule has 0 unspecified atom stereocenters. The van der Waals surface area contributed by atoms with Crippen LogP contribution in [-0.2, 0) is 0 Å². The minimum absolute atomic E-state index is 0.595. The average molecular weight is 244 g/mol. The molecule has 0 aliphatic carbocycles. The molecule has 1 aromatic rings. The van der Waals surface area contributed by atoms with Crippen molar-refractivity contribution in [2.75, 3.05) is 5.73 Å². The highest BCUT2D eigenvalue weighted by Crippen LogP contribution is 2.21. The van der Waals surface area contributed by atoms with E-state index in [1.165, 1.54) is 0 Å². The van der Waals surface area contributed by atoms with Crippen LogP contribution in [-0.4, -0.2) is 0 Å². The fourth-order valence-corrected chi connectivity index (χ4v) is 0.936. The van der Waals surface area contributed by atoms with Crippen LogP contribution in [0.3, 0.4) is 0 Å². The summed E-state index contributed by atoms with van der Waals surface area (Å²) in [5.74, 6) is 0. The zero-order chi connectivity index (χ0) is 7.56. The monoisotopic (exact) mass is 244 g/mol. The first kappa shape index (κ1) is 7.35. The van der Waals surface area contributed by atoms with Crippen LogP contribution in [0.4, 0.5) is 11.4 Å². The minimum Gasteiger partial charge on any atom is -0.399 e. The van der Waals surface area contributed by atoms with Gasteiger partial charge in [-0.2, -0.15) is 0 Å². The number of nitrogens with two attached hydrogens (primary N) is 1. The Kier molecular flexibility index (Phi) is 2.12. The molecule has 0 spiro atoms. The van der Waals surface area contributed by atoms with Gasteiger partial charge in [0, 0.05) is 9.26 Å². The molecule has 50 valence electrons. The molecule has 0 aliphatic heterocycles. The van der Waals surface area contributed by atoms with Crippen LogP contribution in [0, 0.1) is 10.1 Å². The fraction of sp³-hybridized carbons (Fsp3) is 0. The molecule has 0 heterocycles. The first-order valence-corrected chi connectivity index (χ1v) is 3.74. The SMILES string of the molecule is [C-]#[N+]c1ccc(I)c(N)c1. The second-order valence-corrected chi connectivity index (χ2v) is 2.98. The summed E-state index contributed by atoms with van der Waals surface area (Å²) < 4.78 is 0.991. The summed E-state index contributed by atoms with van der Waals surface area (Å²) in [4.78, 5) is 3.24. The lowest BCUT2D eigenvalue weighted by atomic mass is 10.3. The Hall–Kier alpha value is -0.760. The Morgan fingerprint density at radius 1 is 1.50 bits per heavy atom. The van der Waals surface area contributed by atoms with Gasteiger partial charge in [-0.15, -0.1) is 0 Å². The van der Waals surface area contributed by atoms with Gasteiger partial charge in [0.25, 0.3) is 0 Å². The number of nitrogen functional groups attached to an aromatic ring is 1. The average Bonchev–Trinajstić information content (AvgIpc) is 1.95. The third-order valence-electron chi connectivity index (χ3n) is 1.11. The Morgan fingerprint density at radius 2 is 2.20 bits per heavy atom. The Labute approximate surface area is 73.0 Å². The van der Waals surface area contributed by atoms with Crippen LogP contribution >= 0.6 is 22.6 Å². The normalized spacial score (nSPS) is 8.80. The van der Waals surface area contributed by atoms with Crippen LogP contribution in [0.15, 0.2) is 18.2 Å². The van der Waals surface area contributed by atoms with Crippen LogP contribution < -0.4 is 5.73 Å². The molecule has 2 N–H and O–H groups in total. The molecule has 0 radical (unpaired) electrons. The summed E-state index contributed by atoms with van der Waals surface area (Å²) in [6, 6.07) is 5.27. The lowest BCUT2D eigenvalue weighted by Crippen LogP contribution is -1.86. The molecule has 10 heavy (non-hydrogen) atoms. The molecule has 1 rings (SSSR count). The lowest BCUT2D eigenvalue weighted by Gasteiger charge is -1.95. The summed E-state index contributed by atoms with van der Waals surface area (Å²) in [5.41, 5.74) is 6.82. The number of halogens is 1. The Balaban J connectivity index is 3.20. The van der Waals surface area contributed by atoms with E-state index in [2.05, 4.69) is 27.4 Å². The quantitative estimate of drug-likeness (QED) is 0.424. The summed E-state index contributed by atoms with van der Waals surface area (Å²) in [5, 5.41) is 0. The van der Waals surface area contributed by atoms with Gasteiger partial charge < -0.3 is 5.73 Å². The summed E-state index contributed by atoms with van der Waals surface area (Å²) >= 11 is 2.13. The number of anilines is 1. The van der Waals surface area contributed by atoms with Crippen molar-refractivity contribution in [2.45, 2.75) is 0 Å². The molecular weight excluding hydrogens is 239 g/mol. The largest absolute Gasteiger partial charge is 0.399 e. The van der Waals surface area contributed by atoms with Gasteiger partial charge in [0.1, 0.15) is 0 Å². The molecular formula is C7H5IN2. The van der Waals surface area contributed by atoms with Crippen molar-refractivity contribution in [1.29, 1.82) is 0 Å². The van der Waals surface area contributed by atoms with Crippen molar-refractivity contribution in [2.24, 2.45) is 0 Å². The van der Waals surface area contributed by atoms with E-state index in [4.69, 9.17) is 12.3 Å². The number of nitrogens with zero attached hydrogens (tertiary/aromatic N) is 1. The van der Waals surface area contributed by atoms with Crippen molar-refractivity contribution in [3.05, 3.63) is 33.2 Å². The van der Waals surface area contributed by atoms with E-state index in [-0.39, 0.29) is 0 Å². The van der Waals surface area contributed by atoms with Gasteiger partial charge in [-0.3, -0.25) is 0 Å². The van der Waals surface area contributed by atoms with Crippen molar-refractivity contribution in [3.63, 3.8) is 0 Å². The fourth-order valence-electron chi connectivity index (χ4n) is 0.601. The number of hydrogen-bond donors (Lipinski definition) is 1. The highest BCUT2D eigenvalue weighted by Gasteiger charge is 1.94. The lowest BCUT2D eigenvalue weighted by molar-refractivity contribution is 1.64. The van der Waals surface area contributed by atoms with E-state index in [0.29, 0.717) is 11.4 Å². The van der Waals surface area contributed by atoms with E-state index < -0.39 is 0 Å². The van der Waals surface area contributed by atoms with Crippen LogP contribution in [0.2, 0.25) is 0 Å². The number of benzene rings is 1. The van der Waals surface area contributed by atoms with Crippen LogP contribution in [0.5, 0.6) is 0 Å². The second-order valence-electron chi connectivity index (χ2n) is 1.82. The second kappa shape index (κ2) is 2.88. The van der Waals surface area contributed by atoms with Gasteiger partial charge in [0.15, 0.2) is 5.69 Å². The molecule has 1 aromatic carbocycles. The Bertz CT molecular complexity index is 288. The maximum atomic E-state index is 6.68. The topological polar surface area (TPSA) is 30.4 Å². The van der Waals surface area contributed by atoms with Gasteiger partial charge >= 0.3 is 0 Å². The van der Waals surface area contributed by atoms with E-state index >= 15 is 0 Å².